The first-order chi connectivity index (χ1) is 18.4. The first-order valence-electron chi connectivity index (χ1n) is 13.0. The Bertz CT molecular complexity index is 1180. The summed E-state index contributed by atoms with van der Waals surface area (Å²) in [6.07, 6.45) is 3.51. The highest BCUT2D eigenvalue weighted by atomic mass is 16.5. The number of methoxy groups -OCH3 is 1. The third kappa shape index (κ3) is 6.58. The number of nitrogens with zero attached hydrogens (tertiary/aromatic N) is 5. The largest absolute Gasteiger partial charge is 0.453 e. The number of Topliss-reactive ketones (excluding diaryl/α,β-unsaturated/α-hetero) is 1. The van der Waals surface area contributed by atoms with E-state index < -0.39 is 41.3 Å². The number of carbonyl (C=O) groups excluding carboxylic acids is 4. The Kier molecular flexibility index (Phi) is 9.36. The summed E-state index contributed by atoms with van der Waals surface area (Å²) in [4.78, 5) is 61.8. The van der Waals surface area contributed by atoms with Crippen LogP contribution in [0, 0.1) is 11.8 Å². The number of ether oxygens (including phenoxy) is 1. The highest BCUT2D eigenvalue weighted by Crippen LogP contribution is 2.28. The van der Waals surface area contributed by atoms with Crippen molar-refractivity contribution in [3.8, 4) is 0 Å². The van der Waals surface area contributed by atoms with Crippen LogP contribution in [0.3, 0.4) is 0 Å². The Balaban J connectivity index is 1.76. The van der Waals surface area contributed by atoms with Gasteiger partial charge in [0.05, 0.1) is 13.2 Å². The van der Waals surface area contributed by atoms with E-state index >= 15 is 0 Å². The SMILES string of the molecule is COC(=O)N[C@H](C(=O)N1CCC[C@H]1C(=O)N[C@H](C(=O)c1nnc(C(C)(C)c2ncccn2)o1)C(C)C)C(C)C. The molecule has 0 saturated carbocycles. The van der Waals surface area contributed by atoms with Crippen LogP contribution in [-0.2, 0) is 19.7 Å². The van der Waals surface area contributed by atoms with Gasteiger partial charge in [0.2, 0.25) is 23.5 Å². The summed E-state index contributed by atoms with van der Waals surface area (Å²) < 4.78 is 10.4. The molecule has 1 saturated heterocycles. The molecule has 2 aromatic heterocycles. The van der Waals surface area contributed by atoms with Crippen LogP contribution in [0.5, 0.6) is 0 Å². The molecule has 1 aliphatic heterocycles. The van der Waals surface area contributed by atoms with Gasteiger partial charge < -0.3 is 24.7 Å². The fraction of sp³-hybridized carbons (Fsp3) is 0.615. The van der Waals surface area contributed by atoms with E-state index in [0.717, 1.165) is 0 Å². The summed E-state index contributed by atoms with van der Waals surface area (Å²) in [5.41, 5.74) is -0.848. The number of aromatic nitrogens is 4. The minimum atomic E-state index is -0.964. The van der Waals surface area contributed by atoms with Crippen LogP contribution in [0.15, 0.2) is 22.9 Å². The van der Waals surface area contributed by atoms with Gasteiger partial charge in [0.15, 0.2) is 0 Å². The first kappa shape index (κ1) is 29.7. The summed E-state index contributed by atoms with van der Waals surface area (Å²) in [6, 6.07) is -0.925. The molecule has 0 bridgehead atoms. The van der Waals surface area contributed by atoms with Gasteiger partial charge in [0.25, 0.3) is 5.89 Å². The van der Waals surface area contributed by atoms with Crippen molar-refractivity contribution in [3.63, 3.8) is 0 Å². The van der Waals surface area contributed by atoms with E-state index in [-0.39, 0.29) is 29.5 Å². The minimum absolute atomic E-state index is 0.163. The second-order valence-corrected chi connectivity index (χ2v) is 10.8. The maximum atomic E-state index is 13.4. The van der Waals surface area contributed by atoms with Gasteiger partial charge in [0.1, 0.15) is 23.3 Å². The molecule has 2 aromatic rings. The molecule has 3 heterocycles. The van der Waals surface area contributed by atoms with Crippen LogP contribution < -0.4 is 10.6 Å². The van der Waals surface area contributed by atoms with Crippen molar-refractivity contribution in [2.75, 3.05) is 13.7 Å². The number of hydrogen-bond acceptors (Lipinski definition) is 10. The van der Waals surface area contributed by atoms with Crippen molar-refractivity contribution >= 4 is 23.7 Å². The lowest BCUT2D eigenvalue weighted by molar-refractivity contribution is -0.141. The molecular formula is C26H37N7O6. The predicted octanol–water partition coefficient (Wildman–Crippen LogP) is 1.88. The molecule has 3 amide bonds. The molecule has 0 aliphatic carbocycles. The number of carbonyl (C=O) groups is 4. The van der Waals surface area contributed by atoms with Crippen LogP contribution in [0.25, 0.3) is 0 Å². The summed E-state index contributed by atoms with van der Waals surface area (Å²) in [5, 5.41) is 13.4. The highest BCUT2D eigenvalue weighted by Gasteiger charge is 2.41. The lowest BCUT2D eigenvalue weighted by Crippen LogP contribution is -2.57. The number of nitrogens with one attached hydrogen (secondary N) is 2. The van der Waals surface area contributed by atoms with Gasteiger partial charge in [-0.3, -0.25) is 14.4 Å². The Morgan fingerprint density at radius 2 is 1.67 bits per heavy atom. The van der Waals surface area contributed by atoms with E-state index in [4.69, 9.17) is 4.42 Å². The van der Waals surface area contributed by atoms with Gasteiger partial charge in [0, 0.05) is 18.9 Å². The van der Waals surface area contributed by atoms with Gasteiger partial charge in [-0.05, 0) is 44.6 Å². The van der Waals surface area contributed by atoms with Gasteiger partial charge in [-0.1, -0.05) is 27.7 Å². The van der Waals surface area contributed by atoms with E-state index in [1.54, 1.807) is 60.0 Å². The van der Waals surface area contributed by atoms with Crippen molar-refractivity contribution in [1.29, 1.82) is 0 Å². The van der Waals surface area contributed by atoms with Gasteiger partial charge in [-0.2, -0.15) is 0 Å². The molecule has 212 valence electrons. The molecule has 13 heteroatoms. The Hall–Kier alpha value is -3.90. The maximum absolute atomic E-state index is 13.4. The van der Waals surface area contributed by atoms with Crippen LogP contribution in [0.1, 0.15) is 76.8 Å². The van der Waals surface area contributed by atoms with E-state index in [2.05, 4.69) is 35.5 Å². The molecule has 0 aromatic carbocycles. The van der Waals surface area contributed by atoms with E-state index in [0.29, 0.717) is 25.2 Å². The molecule has 1 fully saturated rings. The lowest BCUT2D eigenvalue weighted by Gasteiger charge is -2.31. The molecular weight excluding hydrogens is 506 g/mol. The number of hydrogen-bond donors (Lipinski definition) is 2. The second-order valence-electron chi connectivity index (χ2n) is 10.8. The second kappa shape index (κ2) is 12.3. The molecule has 13 nitrogen and oxygen atoms in total. The normalized spacial score (nSPS) is 17.2. The molecule has 3 atom stereocenters. The molecule has 0 unspecified atom stereocenters. The zero-order valence-corrected chi connectivity index (χ0v) is 23.4. The molecule has 2 N–H and O–H groups in total. The number of likely N-dealkylation sites (tertiary alicyclic amines) is 1. The van der Waals surface area contributed by atoms with Gasteiger partial charge >= 0.3 is 6.09 Å². The van der Waals surface area contributed by atoms with E-state index in [1.807, 2.05) is 0 Å². The topological polar surface area (TPSA) is 170 Å². The average Bonchev–Trinajstić information content (AvgIpc) is 3.60. The fourth-order valence-corrected chi connectivity index (χ4v) is 4.39. The lowest BCUT2D eigenvalue weighted by atomic mass is 9.92. The molecule has 39 heavy (non-hydrogen) atoms. The van der Waals surface area contributed by atoms with Crippen molar-refractivity contribution in [2.24, 2.45) is 11.8 Å². The highest BCUT2D eigenvalue weighted by molar-refractivity contribution is 6.00. The number of alkyl carbamates (subject to hydrolysis) is 1. The summed E-state index contributed by atoms with van der Waals surface area (Å²) >= 11 is 0. The monoisotopic (exact) mass is 543 g/mol. The molecule has 1 aliphatic rings. The summed E-state index contributed by atoms with van der Waals surface area (Å²) in [6.45, 7) is 11.1. The smallest absolute Gasteiger partial charge is 0.407 e. The Morgan fingerprint density at radius 3 is 2.26 bits per heavy atom. The molecule has 0 spiro atoms. The first-order valence-corrected chi connectivity index (χ1v) is 13.0. The third-order valence-corrected chi connectivity index (χ3v) is 6.77. The predicted molar refractivity (Wildman–Crippen MR) is 138 cm³/mol. The fourth-order valence-electron chi connectivity index (χ4n) is 4.39. The van der Waals surface area contributed by atoms with Crippen LogP contribution >= 0.6 is 0 Å². The quantitative estimate of drug-likeness (QED) is 0.422. The van der Waals surface area contributed by atoms with E-state index in [9.17, 15) is 19.2 Å². The van der Waals surface area contributed by atoms with Crippen LogP contribution in [0.2, 0.25) is 0 Å². The standard InChI is InChI=1S/C26H37N7O6/c1-14(2)17(19(34)21-31-32-24(39-21)26(5,6)23-27-11-9-12-28-23)29-20(35)16-10-8-13-33(16)22(36)18(15(3)4)30-25(37)38-7/h9,11-12,14-18H,8,10,13H2,1-7H3,(H,29,35)(H,30,37)/t16-,17-,18-/m0/s1. The third-order valence-electron chi connectivity index (χ3n) is 6.77. The maximum Gasteiger partial charge on any atom is 0.407 e. The summed E-state index contributed by atoms with van der Waals surface area (Å²) in [5.74, 6) is -1.55. The zero-order chi connectivity index (χ0) is 28.9. The number of amides is 3. The van der Waals surface area contributed by atoms with Crippen molar-refractivity contribution < 1.29 is 28.3 Å². The Labute approximate surface area is 227 Å². The van der Waals surface area contributed by atoms with E-state index in [1.165, 1.54) is 12.0 Å². The zero-order valence-electron chi connectivity index (χ0n) is 23.4. The van der Waals surface area contributed by atoms with Gasteiger partial charge in [-0.15, -0.1) is 10.2 Å². The Morgan fingerprint density at radius 1 is 1.03 bits per heavy atom. The van der Waals surface area contributed by atoms with Gasteiger partial charge in [-0.25, -0.2) is 14.8 Å². The summed E-state index contributed by atoms with van der Waals surface area (Å²) in [7, 11) is 1.22. The van der Waals surface area contributed by atoms with Crippen molar-refractivity contribution in [2.45, 2.75) is 77.9 Å². The van der Waals surface area contributed by atoms with Crippen molar-refractivity contribution in [1.82, 2.24) is 35.7 Å². The number of ketones is 1. The van der Waals surface area contributed by atoms with Crippen LogP contribution in [0.4, 0.5) is 4.79 Å². The number of rotatable bonds is 10. The van der Waals surface area contributed by atoms with Crippen molar-refractivity contribution in [3.05, 3.63) is 36.1 Å². The molecule has 0 radical (unpaired) electrons. The van der Waals surface area contributed by atoms with Crippen LogP contribution in [-0.4, -0.2) is 80.5 Å². The average molecular weight is 544 g/mol. The molecule has 3 rings (SSSR count). The minimum Gasteiger partial charge on any atom is -0.453 e.